The first kappa shape index (κ1) is 18.4. The van der Waals surface area contributed by atoms with Crippen molar-refractivity contribution in [1.82, 2.24) is 25.0 Å². The van der Waals surface area contributed by atoms with Crippen molar-refractivity contribution in [3.05, 3.63) is 47.7 Å². The van der Waals surface area contributed by atoms with E-state index in [0.717, 1.165) is 27.2 Å². The average molecular weight is 426 g/mol. The fourth-order valence-electron chi connectivity index (χ4n) is 3.05. The van der Waals surface area contributed by atoms with Crippen LogP contribution in [0.1, 0.15) is 36.9 Å². The summed E-state index contributed by atoms with van der Waals surface area (Å²) in [6, 6.07) is 12.2. The number of ether oxygens (including phenoxy) is 1. The van der Waals surface area contributed by atoms with Gasteiger partial charge in [-0.25, -0.2) is 0 Å². The van der Waals surface area contributed by atoms with Crippen LogP contribution in [0.25, 0.3) is 22.2 Å². The number of methoxy groups -OCH3 is 1. The number of thioether (sulfide) groups is 1. The number of hydrogen-bond donors (Lipinski definition) is 0. The van der Waals surface area contributed by atoms with Crippen LogP contribution < -0.4 is 4.74 Å². The molecule has 4 aromatic rings. The molecule has 0 aliphatic heterocycles. The second kappa shape index (κ2) is 7.64. The van der Waals surface area contributed by atoms with Crippen LogP contribution in [0.3, 0.4) is 0 Å². The molecular formula is C20H19N5O2S2. The highest BCUT2D eigenvalue weighted by molar-refractivity contribution is 7.99. The van der Waals surface area contributed by atoms with Crippen molar-refractivity contribution in [3.63, 3.8) is 0 Å². The van der Waals surface area contributed by atoms with Gasteiger partial charge in [0.2, 0.25) is 11.8 Å². The van der Waals surface area contributed by atoms with E-state index in [1.807, 2.05) is 37.3 Å². The van der Waals surface area contributed by atoms with Crippen LogP contribution in [0.2, 0.25) is 0 Å². The van der Waals surface area contributed by atoms with Gasteiger partial charge in [0, 0.05) is 11.6 Å². The van der Waals surface area contributed by atoms with E-state index < -0.39 is 0 Å². The molecule has 1 saturated carbocycles. The minimum absolute atomic E-state index is 0.0348. The summed E-state index contributed by atoms with van der Waals surface area (Å²) in [5.41, 5.74) is 0.864. The Balaban J connectivity index is 1.37. The lowest BCUT2D eigenvalue weighted by Gasteiger charge is -2.10. The highest BCUT2D eigenvalue weighted by Gasteiger charge is 2.31. The topological polar surface area (TPSA) is 78.9 Å². The fraction of sp³-hybridized carbons (Fsp3) is 0.300. The van der Waals surface area contributed by atoms with E-state index in [9.17, 15) is 0 Å². The summed E-state index contributed by atoms with van der Waals surface area (Å²) >= 11 is 3.29. The summed E-state index contributed by atoms with van der Waals surface area (Å²) in [5, 5.41) is 20.3. The predicted molar refractivity (Wildman–Crippen MR) is 112 cm³/mol. The highest BCUT2D eigenvalue weighted by atomic mass is 32.2. The molecule has 1 aliphatic rings. The smallest absolute Gasteiger partial charge is 0.247 e. The summed E-state index contributed by atoms with van der Waals surface area (Å²) in [7, 11) is 1.64. The van der Waals surface area contributed by atoms with E-state index in [0.29, 0.717) is 17.8 Å². The second-order valence-electron chi connectivity index (χ2n) is 6.82. The van der Waals surface area contributed by atoms with Gasteiger partial charge < -0.3 is 9.15 Å². The molecule has 0 spiro atoms. The van der Waals surface area contributed by atoms with Crippen LogP contribution in [0, 0.1) is 0 Å². The van der Waals surface area contributed by atoms with Gasteiger partial charge in [-0.15, -0.1) is 31.7 Å². The van der Waals surface area contributed by atoms with Crippen molar-refractivity contribution >= 4 is 23.1 Å². The molecule has 0 amide bonds. The van der Waals surface area contributed by atoms with E-state index in [-0.39, 0.29) is 5.25 Å². The predicted octanol–water partition coefficient (Wildman–Crippen LogP) is 5.25. The molecule has 29 heavy (non-hydrogen) atoms. The van der Waals surface area contributed by atoms with E-state index in [2.05, 4.69) is 36.4 Å². The molecule has 0 radical (unpaired) electrons. The lowest BCUT2D eigenvalue weighted by molar-refractivity contribution is 0.415. The van der Waals surface area contributed by atoms with Crippen LogP contribution in [-0.2, 0) is 0 Å². The van der Waals surface area contributed by atoms with Gasteiger partial charge in [-0.1, -0.05) is 17.8 Å². The molecule has 3 aromatic heterocycles. The van der Waals surface area contributed by atoms with E-state index in [1.54, 1.807) is 30.2 Å². The van der Waals surface area contributed by atoms with Crippen molar-refractivity contribution in [2.75, 3.05) is 7.11 Å². The van der Waals surface area contributed by atoms with Crippen LogP contribution in [0.4, 0.5) is 0 Å². The van der Waals surface area contributed by atoms with Gasteiger partial charge in [0.15, 0.2) is 11.0 Å². The largest absolute Gasteiger partial charge is 0.497 e. The normalized spacial score (nSPS) is 14.8. The molecule has 0 bridgehead atoms. The van der Waals surface area contributed by atoms with Crippen molar-refractivity contribution in [2.45, 2.75) is 36.2 Å². The Kier molecular flexibility index (Phi) is 4.84. The first-order chi connectivity index (χ1) is 14.2. The Morgan fingerprint density at radius 3 is 2.66 bits per heavy atom. The third kappa shape index (κ3) is 3.67. The molecule has 1 aliphatic carbocycles. The quantitative estimate of drug-likeness (QED) is 0.374. The number of benzene rings is 1. The third-order valence-electron chi connectivity index (χ3n) is 4.73. The zero-order valence-electron chi connectivity index (χ0n) is 16.0. The second-order valence-corrected chi connectivity index (χ2v) is 9.07. The summed E-state index contributed by atoms with van der Waals surface area (Å²) < 4.78 is 13.4. The SMILES string of the molecule is COc1ccc(-c2nnc([C@@H](C)Sc3nnc(-c4cccs4)n3C3CC3)o2)cc1. The lowest BCUT2D eigenvalue weighted by atomic mass is 10.2. The number of aromatic nitrogens is 5. The maximum absolute atomic E-state index is 5.93. The van der Waals surface area contributed by atoms with Gasteiger partial charge in [-0.05, 0) is 55.5 Å². The minimum Gasteiger partial charge on any atom is -0.497 e. The average Bonchev–Trinajstić information content (AvgIpc) is 3.17. The number of hydrogen-bond acceptors (Lipinski definition) is 8. The molecule has 1 fully saturated rings. The Bertz CT molecular complexity index is 1100. The Morgan fingerprint density at radius 1 is 1.14 bits per heavy atom. The maximum Gasteiger partial charge on any atom is 0.247 e. The Hall–Kier alpha value is -2.65. The summed E-state index contributed by atoms with van der Waals surface area (Å²) in [5.74, 6) is 2.81. The molecule has 148 valence electrons. The van der Waals surface area contributed by atoms with Crippen LogP contribution in [0.5, 0.6) is 5.75 Å². The fourth-order valence-corrected chi connectivity index (χ4v) is 4.71. The van der Waals surface area contributed by atoms with Gasteiger partial charge in [0.1, 0.15) is 5.75 Å². The zero-order chi connectivity index (χ0) is 19.8. The van der Waals surface area contributed by atoms with Gasteiger partial charge in [-0.2, -0.15) is 0 Å². The first-order valence-electron chi connectivity index (χ1n) is 9.36. The number of nitrogens with zero attached hydrogens (tertiary/aromatic N) is 5. The monoisotopic (exact) mass is 425 g/mol. The molecule has 0 saturated heterocycles. The van der Waals surface area contributed by atoms with Crippen molar-refractivity contribution in [2.24, 2.45) is 0 Å². The molecule has 1 aromatic carbocycles. The summed E-state index contributed by atoms with van der Waals surface area (Å²) in [4.78, 5) is 1.14. The van der Waals surface area contributed by atoms with Gasteiger partial charge in [-0.3, -0.25) is 4.57 Å². The van der Waals surface area contributed by atoms with Crippen molar-refractivity contribution in [3.8, 4) is 27.9 Å². The van der Waals surface area contributed by atoms with Crippen LogP contribution >= 0.6 is 23.1 Å². The standard InChI is InChI=1S/C20H19N5O2S2/c1-12(18-22-23-19(27-18)13-5-9-15(26-2)10-6-13)29-20-24-21-17(16-4-3-11-28-16)25(20)14-7-8-14/h3-6,9-12,14H,7-8H2,1-2H3/t12-/m1/s1. The molecule has 0 N–H and O–H groups in total. The van der Waals surface area contributed by atoms with E-state index in [1.165, 1.54) is 12.8 Å². The third-order valence-corrected chi connectivity index (χ3v) is 6.64. The molecule has 9 heteroatoms. The number of thiophene rings is 1. The number of rotatable bonds is 7. The van der Waals surface area contributed by atoms with Gasteiger partial charge >= 0.3 is 0 Å². The van der Waals surface area contributed by atoms with Gasteiger partial charge in [0.05, 0.1) is 17.2 Å². The Morgan fingerprint density at radius 2 is 1.97 bits per heavy atom. The summed E-state index contributed by atoms with van der Waals surface area (Å²) in [6.07, 6.45) is 2.33. The molecule has 3 heterocycles. The first-order valence-corrected chi connectivity index (χ1v) is 11.1. The highest BCUT2D eigenvalue weighted by Crippen LogP contribution is 2.44. The van der Waals surface area contributed by atoms with Crippen LogP contribution in [-0.4, -0.2) is 32.1 Å². The Labute approximate surface area is 176 Å². The lowest BCUT2D eigenvalue weighted by Crippen LogP contribution is -2.00. The molecular weight excluding hydrogens is 406 g/mol. The molecule has 5 rings (SSSR count). The van der Waals surface area contributed by atoms with Gasteiger partial charge in [0.25, 0.3) is 0 Å². The molecule has 0 unspecified atom stereocenters. The summed E-state index contributed by atoms with van der Waals surface area (Å²) in [6.45, 7) is 2.05. The van der Waals surface area contributed by atoms with E-state index in [4.69, 9.17) is 9.15 Å². The van der Waals surface area contributed by atoms with E-state index >= 15 is 0 Å². The molecule has 7 nitrogen and oxygen atoms in total. The zero-order valence-corrected chi connectivity index (χ0v) is 17.6. The maximum atomic E-state index is 5.93. The minimum atomic E-state index is -0.0348. The van der Waals surface area contributed by atoms with Crippen molar-refractivity contribution < 1.29 is 9.15 Å². The molecule has 1 atom stereocenters. The van der Waals surface area contributed by atoms with Crippen LogP contribution in [0.15, 0.2) is 51.4 Å². The van der Waals surface area contributed by atoms with Crippen molar-refractivity contribution in [1.29, 1.82) is 0 Å².